The molecular formula is C33H63BO3. The van der Waals surface area contributed by atoms with Gasteiger partial charge in [0.25, 0.3) is 0 Å². The maximum atomic E-state index is 5.74. The zero-order valence-electron chi connectivity index (χ0n) is 25.2. The second-order valence-electron chi connectivity index (χ2n) is 10.5. The molecule has 0 aromatic heterocycles. The van der Waals surface area contributed by atoms with Crippen LogP contribution >= 0.6 is 0 Å². The zero-order chi connectivity index (χ0) is 26.9. The number of rotatable bonds is 30. The normalized spacial score (nSPS) is 11.8. The minimum absolute atomic E-state index is 0.721. The molecule has 0 aromatic rings. The Morgan fingerprint density at radius 1 is 0.351 bits per heavy atom. The molecule has 0 aliphatic rings. The van der Waals surface area contributed by atoms with Crippen LogP contribution in [0.5, 0.6) is 0 Å². The second-order valence-corrected chi connectivity index (χ2v) is 10.5. The van der Waals surface area contributed by atoms with Crippen molar-refractivity contribution in [2.24, 2.45) is 0 Å². The molecule has 4 heteroatoms. The Labute approximate surface area is 233 Å². The summed E-state index contributed by atoms with van der Waals surface area (Å²) in [4.78, 5) is 0. The lowest BCUT2D eigenvalue weighted by molar-refractivity contribution is 0.222. The molecule has 37 heavy (non-hydrogen) atoms. The van der Waals surface area contributed by atoms with Crippen molar-refractivity contribution in [3.8, 4) is 0 Å². The standard InChI is InChI=1S/C33H63BO3/c1-4-7-10-13-16-19-22-25-28-31-35-34(36-32-29-26-23-20-17-14-11-8-5-2)37-33-30-27-24-21-18-15-12-9-6-3/h28-33H,4-27H2,1-3H3. The van der Waals surface area contributed by atoms with E-state index in [0.29, 0.717) is 0 Å². The maximum Gasteiger partial charge on any atom is 0.862 e. The Balaban J connectivity index is 4.14. The van der Waals surface area contributed by atoms with Crippen molar-refractivity contribution in [3.63, 3.8) is 0 Å². The smallest absolute Gasteiger partial charge is 0.497 e. The SMILES string of the molecule is CCCCCCCCCC=COB(OC=CCCCCCCCCC)OC=CCCCCCCCCC. The molecule has 0 fully saturated rings. The maximum absolute atomic E-state index is 5.74. The van der Waals surface area contributed by atoms with Crippen molar-refractivity contribution in [1.29, 1.82) is 0 Å². The molecule has 0 aliphatic heterocycles. The van der Waals surface area contributed by atoms with Crippen LogP contribution in [-0.4, -0.2) is 7.32 Å². The monoisotopic (exact) mass is 518 g/mol. The van der Waals surface area contributed by atoms with Gasteiger partial charge in [-0.2, -0.15) is 0 Å². The molecule has 0 rings (SSSR count). The van der Waals surface area contributed by atoms with Gasteiger partial charge in [-0.15, -0.1) is 0 Å². The molecule has 0 saturated heterocycles. The van der Waals surface area contributed by atoms with Crippen LogP contribution in [0.1, 0.15) is 175 Å². The van der Waals surface area contributed by atoms with E-state index in [9.17, 15) is 0 Å². The average Bonchev–Trinajstić information content (AvgIpc) is 2.91. The summed E-state index contributed by atoms with van der Waals surface area (Å²) in [6.45, 7) is 6.80. The fraction of sp³-hybridized carbons (Fsp3) is 0.818. The summed E-state index contributed by atoms with van der Waals surface area (Å²) in [5.41, 5.74) is 0. The molecular weight excluding hydrogens is 455 g/mol. The van der Waals surface area contributed by atoms with Crippen LogP contribution in [0.2, 0.25) is 0 Å². The minimum atomic E-state index is -0.721. The first-order chi connectivity index (χ1) is 18.3. The summed E-state index contributed by atoms with van der Waals surface area (Å²) in [5, 5.41) is 0. The van der Waals surface area contributed by atoms with Gasteiger partial charge in [-0.3, -0.25) is 0 Å². The Hall–Kier alpha value is -1.32. The number of unbranched alkanes of at least 4 members (excludes halogenated alkanes) is 21. The highest BCUT2D eigenvalue weighted by atomic mass is 16.7. The lowest BCUT2D eigenvalue weighted by Gasteiger charge is -2.09. The van der Waals surface area contributed by atoms with Crippen LogP contribution < -0.4 is 0 Å². The fourth-order valence-electron chi connectivity index (χ4n) is 4.32. The summed E-state index contributed by atoms with van der Waals surface area (Å²) < 4.78 is 17.2. The first-order valence-electron chi connectivity index (χ1n) is 16.3. The lowest BCUT2D eigenvalue weighted by Crippen LogP contribution is -2.20. The molecule has 0 bridgehead atoms. The van der Waals surface area contributed by atoms with Gasteiger partial charge in [0.1, 0.15) is 0 Å². The van der Waals surface area contributed by atoms with Crippen molar-refractivity contribution in [2.75, 3.05) is 0 Å². The number of hydrogen-bond acceptors (Lipinski definition) is 3. The van der Waals surface area contributed by atoms with Gasteiger partial charge in [-0.25, -0.2) is 0 Å². The Kier molecular flexibility index (Phi) is 31.6. The molecule has 0 aliphatic carbocycles. The van der Waals surface area contributed by atoms with Gasteiger partial charge in [0.15, 0.2) is 0 Å². The van der Waals surface area contributed by atoms with E-state index in [4.69, 9.17) is 14.0 Å². The predicted molar refractivity (Wildman–Crippen MR) is 164 cm³/mol. The van der Waals surface area contributed by atoms with E-state index < -0.39 is 7.32 Å². The topological polar surface area (TPSA) is 27.7 Å². The first-order valence-corrected chi connectivity index (χ1v) is 16.3. The van der Waals surface area contributed by atoms with E-state index in [1.54, 1.807) is 18.8 Å². The Morgan fingerprint density at radius 2 is 0.595 bits per heavy atom. The van der Waals surface area contributed by atoms with Crippen LogP contribution in [0.25, 0.3) is 0 Å². The van der Waals surface area contributed by atoms with Crippen LogP contribution in [0.15, 0.2) is 37.0 Å². The quantitative estimate of drug-likeness (QED) is 0.0537. The third-order valence-electron chi connectivity index (χ3n) is 6.78. The van der Waals surface area contributed by atoms with Crippen molar-refractivity contribution in [1.82, 2.24) is 0 Å². The molecule has 0 heterocycles. The fourth-order valence-corrected chi connectivity index (χ4v) is 4.32. The number of hydrogen-bond donors (Lipinski definition) is 0. The van der Waals surface area contributed by atoms with Gasteiger partial charge in [-0.1, -0.05) is 155 Å². The summed E-state index contributed by atoms with van der Waals surface area (Å²) in [6, 6.07) is 0. The number of allylic oxidation sites excluding steroid dienone is 3. The third-order valence-corrected chi connectivity index (χ3v) is 6.78. The Morgan fingerprint density at radius 3 is 0.865 bits per heavy atom. The highest BCUT2D eigenvalue weighted by Gasteiger charge is 2.24. The van der Waals surface area contributed by atoms with Crippen molar-refractivity contribution >= 4 is 7.32 Å². The zero-order valence-corrected chi connectivity index (χ0v) is 25.2. The van der Waals surface area contributed by atoms with E-state index in [1.165, 1.54) is 135 Å². The summed E-state index contributed by atoms with van der Waals surface area (Å²) in [7, 11) is -0.721. The highest BCUT2D eigenvalue weighted by molar-refractivity contribution is 6.37. The molecule has 0 aromatic carbocycles. The summed E-state index contributed by atoms with van der Waals surface area (Å²) in [5.74, 6) is 0. The van der Waals surface area contributed by atoms with E-state index >= 15 is 0 Å². The molecule has 0 radical (unpaired) electrons. The minimum Gasteiger partial charge on any atom is -0.497 e. The van der Waals surface area contributed by atoms with E-state index in [-0.39, 0.29) is 0 Å². The molecule has 0 saturated carbocycles. The molecule has 0 amide bonds. The largest absolute Gasteiger partial charge is 0.862 e. The third kappa shape index (κ3) is 30.8. The van der Waals surface area contributed by atoms with Gasteiger partial charge < -0.3 is 14.0 Å². The van der Waals surface area contributed by atoms with E-state index in [2.05, 4.69) is 39.0 Å². The van der Waals surface area contributed by atoms with Gasteiger partial charge in [0.2, 0.25) is 0 Å². The first kappa shape index (κ1) is 35.7. The predicted octanol–water partition coefficient (Wildman–Crippen LogP) is 12.0. The lowest BCUT2D eigenvalue weighted by atomic mass is 10.1. The molecule has 0 unspecified atom stereocenters. The molecule has 0 spiro atoms. The van der Waals surface area contributed by atoms with Gasteiger partial charge in [0, 0.05) is 0 Å². The molecule has 3 nitrogen and oxygen atoms in total. The van der Waals surface area contributed by atoms with Gasteiger partial charge in [-0.05, 0) is 38.5 Å². The van der Waals surface area contributed by atoms with Gasteiger partial charge >= 0.3 is 7.32 Å². The summed E-state index contributed by atoms with van der Waals surface area (Å²) in [6.07, 6.45) is 42.5. The average molecular weight is 519 g/mol. The van der Waals surface area contributed by atoms with Crippen molar-refractivity contribution in [3.05, 3.63) is 37.0 Å². The van der Waals surface area contributed by atoms with Crippen LogP contribution in [0.3, 0.4) is 0 Å². The molecule has 0 N–H and O–H groups in total. The van der Waals surface area contributed by atoms with Crippen molar-refractivity contribution in [2.45, 2.75) is 175 Å². The summed E-state index contributed by atoms with van der Waals surface area (Å²) >= 11 is 0. The molecule has 216 valence electrons. The van der Waals surface area contributed by atoms with E-state index in [0.717, 1.165) is 19.3 Å². The van der Waals surface area contributed by atoms with Gasteiger partial charge in [0.05, 0.1) is 18.8 Å². The Bertz CT molecular complexity index is 432. The highest BCUT2D eigenvalue weighted by Crippen LogP contribution is 2.11. The van der Waals surface area contributed by atoms with Crippen LogP contribution in [0, 0.1) is 0 Å². The van der Waals surface area contributed by atoms with Crippen LogP contribution in [-0.2, 0) is 14.0 Å². The van der Waals surface area contributed by atoms with Crippen molar-refractivity contribution < 1.29 is 14.0 Å². The van der Waals surface area contributed by atoms with E-state index in [1.807, 2.05) is 0 Å². The molecule has 0 atom stereocenters. The second kappa shape index (κ2) is 32.7. The van der Waals surface area contributed by atoms with Crippen LogP contribution in [0.4, 0.5) is 0 Å².